The number of aryl methyl sites for hydroxylation is 2. The van der Waals surface area contributed by atoms with Crippen LogP contribution in [0.3, 0.4) is 0 Å². The predicted molar refractivity (Wildman–Crippen MR) is 68.2 cm³/mol. The van der Waals surface area contributed by atoms with Crippen molar-refractivity contribution in [2.45, 2.75) is 19.9 Å². The minimum Gasteiger partial charge on any atom is -0.329 e. The molecule has 1 fully saturated rings. The van der Waals surface area contributed by atoms with E-state index in [0.29, 0.717) is 13.1 Å². The zero-order valence-corrected chi connectivity index (χ0v) is 10.8. The Morgan fingerprint density at radius 2 is 2.18 bits per heavy atom. The van der Waals surface area contributed by atoms with Crippen molar-refractivity contribution in [2.24, 2.45) is 5.73 Å². The van der Waals surface area contributed by atoms with Crippen molar-refractivity contribution in [1.82, 2.24) is 4.72 Å². The van der Waals surface area contributed by atoms with E-state index in [-0.39, 0.29) is 6.04 Å². The standard InChI is InChI=1S/C11H17N3O2S/c1-8-3-4-11(9(2)5-8)14-7-10(6-12)13-17(14,15)16/h3-5,10,13H,6-7,12H2,1-2H3. The van der Waals surface area contributed by atoms with Gasteiger partial charge in [0.25, 0.3) is 0 Å². The van der Waals surface area contributed by atoms with Crippen LogP contribution >= 0.6 is 0 Å². The van der Waals surface area contributed by atoms with Crippen molar-refractivity contribution in [1.29, 1.82) is 0 Å². The van der Waals surface area contributed by atoms with Gasteiger partial charge in [0.05, 0.1) is 18.3 Å². The number of nitrogens with one attached hydrogen (secondary N) is 1. The fourth-order valence-corrected chi connectivity index (χ4v) is 3.60. The highest BCUT2D eigenvalue weighted by molar-refractivity contribution is 7.91. The van der Waals surface area contributed by atoms with Gasteiger partial charge in [-0.15, -0.1) is 0 Å². The van der Waals surface area contributed by atoms with Crippen molar-refractivity contribution >= 4 is 15.9 Å². The van der Waals surface area contributed by atoms with Gasteiger partial charge in [-0.3, -0.25) is 4.31 Å². The van der Waals surface area contributed by atoms with E-state index < -0.39 is 10.2 Å². The number of anilines is 1. The molecule has 2 rings (SSSR count). The molecule has 1 atom stereocenters. The van der Waals surface area contributed by atoms with E-state index >= 15 is 0 Å². The van der Waals surface area contributed by atoms with Crippen LogP contribution in [-0.4, -0.2) is 27.5 Å². The predicted octanol–water partition coefficient (Wildman–Crippen LogP) is 0.285. The van der Waals surface area contributed by atoms with Crippen LogP contribution in [0, 0.1) is 13.8 Å². The lowest BCUT2D eigenvalue weighted by molar-refractivity contribution is 0.583. The highest BCUT2D eigenvalue weighted by atomic mass is 32.2. The maximum Gasteiger partial charge on any atom is 0.301 e. The number of hydrogen-bond donors (Lipinski definition) is 2. The summed E-state index contributed by atoms with van der Waals surface area (Å²) in [4.78, 5) is 0. The van der Waals surface area contributed by atoms with E-state index in [2.05, 4.69) is 4.72 Å². The Bertz CT molecular complexity index is 528. The van der Waals surface area contributed by atoms with Crippen LogP contribution in [0.1, 0.15) is 11.1 Å². The van der Waals surface area contributed by atoms with Crippen LogP contribution < -0.4 is 14.8 Å². The minimum absolute atomic E-state index is 0.208. The lowest BCUT2D eigenvalue weighted by Crippen LogP contribution is -2.34. The molecule has 6 heteroatoms. The molecule has 0 aromatic heterocycles. The van der Waals surface area contributed by atoms with Gasteiger partial charge >= 0.3 is 10.2 Å². The average Bonchev–Trinajstić information content (AvgIpc) is 2.54. The quantitative estimate of drug-likeness (QED) is 0.797. The van der Waals surface area contributed by atoms with E-state index in [1.165, 1.54) is 4.31 Å². The lowest BCUT2D eigenvalue weighted by Gasteiger charge is -2.18. The molecule has 1 aromatic rings. The largest absolute Gasteiger partial charge is 0.329 e. The lowest BCUT2D eigenvalue weighted by atomic mass is 10.1. The third-order valence-electron chi connectivity index (χ3n) is 2.90. The zero-order chi connectivity index (χ0) is 12.6. The molecular weight excluding hydrogens is 238 g/mol. The molecule has 1 heterocycles. The van der Waals surface area contributed by atoms with Crippen molar-refractivity contribution in [3.05, 3.63) is 29.3 Å². The molecule has 0 spiro atoms. The molecular formula is C11H17N3O2S. The summed E-state index contributed by atoms with van der Waals surface area (Å²) in [5.41, 5.74) is 8.29. The third-order valence-corrected chi connectivity index (χ3v) is 4.45. The molecule has 1 aliphatic heterocycles. The van der Waals surface area contributed by atoms with Gasteiger partial charge in [-0.05, 0) is 25.5 Å². The molecule has 1 unspecified atom stereocenters. The highest BCUT2D eigenvalue weighted by Gasteiger charge is 2.35. The first-order valence-electron chi connectivity index (χ1n) is 5.51. The van der Waals surface area contributed by atoms with Gasteiger partial charge in [-0.2, -0.15) is 13.1 Å². The highest BCUT2D eigenvalue weighted by Crippen LogP contribution is 2.26. The molecule has 0 amide bonds. The molecule has 0 aliphatic carbocycles. The first-order chi connectivity index (χ1) is 7.94. The summed E-state index contributed by atoms with van der Waals surface area (Å²) in [7, 11) is -3.43. The summed E-state index contributed by atoms with van der Waals surface area (Å²) in [6, 6.07) is 5.51. The van der Waals surface area contributed by atoms with E-state index in [4.69, 9.17) is 5.73 Å². The molecule has 94 valence electrons. The average molecular weight is 255 g/mol. The first-order valence-corrected chi connectivity index (χ1v) is 6.95. The summed E-state index contributed by atoms with van der Waals surface area (Å²) in [6.45, 7) is 4.59. The van der Waals surface area contributed by atoms with E-state index in [9.17, 15) is 8.42 Å². The topological polar surface area (TPSA) is 75.4 Å². The Hall–Kier alpha value is -1.11. The van der Waals surface area contributed by atoms with Gasteiger partial charge in [0.15, 0.2) is 0 Å². The fraction of sp³-hybridized carbons (Fsp3) is 0.455. The number of benzene rings is 1. The molecule has 1 saturated heterocycles. The van der Waals surface area contributed by atoms with Gasteiger partial charge in [0, 0.05) is 6.54 Å². The number of nitrogens with zero attached hydrogens (tertiary/aromatic N) is 1. The molecule has 1 aliphatic rings. The first kappa shape index (κ1) is 12.3. The van der Waals surface area contributed by atoms with Crippen molar-refractivity contribution in [3.63, 3.8) is 0 Å². The summed E-state index contributed by atoms with van der Waals surface area (Å²) in [5.74, 6) is 0. The van der Waals surface area contributed by atoms with Crippen LogP contribution in [0.15, 0.2) is 18.2 Å². The van der Waals surface area contributed by atoms with Crippen LogP contribution in [0.2, 0.25) is 0 Å². The van der Waals surface area contributed by atoms with Crippen LogP contribution in [0.4, 0.5) is 5.69 Å². The van der Waals surface area contributed by atoms with Crippen molar-refractivity contribution < 1.29 is 8.42 Å². The smallest absolute Gasteiger partial charge is 0.301 e. The maximum absolute atomic E-state index is 11.9. The molecule has 3 N–H and O–H groups in total. The molecule has 17 heavy (non-hydrogen) atoms. The van der Waals surface area contributed by atoms with E-state index in [0.717, 1.165) is 16.8 Å². The second-order valence-corrected chi connectivity index (χ2v) is 6.00. The Labute approximate surface area is 102 Å². The Kier molecular flexibility index (Phi) is 3.11. The van der Waals surface area contributed by atoms with Gasteiger partial charge < -0.3 is 5.73 Å². The molecule has 0 radical (unpaired) electrons. The van der Waals surface area contributed by atoms with Gasteiger partial charge in [0.1, 0.15) is 0 Å². The summed E-state index contributed by atoms with van der Waals surface area (Å²) in [6.07, 6.45) is 0. The fourth-order valence-electron chi connectivity index (χ4n) is 2.05. The second kappa shape index (κ2) is 4.29. The summed E-state index contributed by atoms with van der Waals surface area (Å²) < 4.78 is 27.8. The normalized spacial score (nSPS) is 23.0. The molecule has 0 saturated carbocycles. The van der Waals surface area contributed by atoms with E-state index in [1.807, 2.05) is 32.0 Å². The second-order valence-electron chi connectivity index (χ2n) is 4.38. The zero-order valence-electron chi connectivity index (χ0n) is 9.97. The van der Waals surface area contributed by atoms with Gasteiger partial charge in [-0.25, -0.2) is 0 Å². The molecule has 1 aromatic carbocycles. The Morgan fingerprint density at radius 1 is 1.47 bits per heavy atom. The van der Waals surface area contributed by atoms with Crippen LogP contribution in [0.5, 0.6) is 0 Å². The Morgan fingerprint density at radius 3 is 2.71 bits per heavy atom. The monoisotopic (exact) mass is 255 g/mol. The number of nitrogens with two attached hydrogens (primary N) is 1. The maximum atomic E-state index is 11.9. The Balaban J connectivity index is 2.40. The van der Waals surface area contributed by atoms with E-state index in [1.54, 1.807) is 0 Å². The van der Waals surface area contributed by atoms with Crippen LogP contribution in [0.25, 0.3) is 0 Å². The van der Waals surface area contributed by atoms with Crippen LogP contribution in [-0.2, 0) is 10.2 Å². The van der Waals surface area contributed by atoms with Crippen molar-refractivity contribution in [3.8, 4) is 0 Å². The summed E-state index contributed by atoms with van der Waals surface area (Å²) in [5, 5.41) is 0. The SMILES string of the molecule is Cc1ccc(N2CC(CN)NS2(=O)=O)c(C)c1. The van der Waals surface area contributed by atoms with Gasteiger partial charge in [-0.1, -0.05) is 17.7 Å². The number of rotatable bonds is 2. The molecule has 0 bridgehead atoms. The van der Waals surface area contributed by atoms with Gasteiger partial charge in [0.2, 0.25) is 0 Å². The molecule has 5 nitrogen and oxygen atoms in total. The number of hydrogen-bond acceptors (Lipinski definition) is 3. The minimum atomic E-state index is -3.43. The van der Waals surface area contributed by atoms with Crippen molar-refractivity contribution in [2.75, 3.05) is 17.4 Å². The summed E-state index contributed by atoms with van der Waals surface area (Å²) >= 11 is 0. The third kappa shape index (κ3) is 2.29.